The normalized spacial score (nSPS) is 21.3. The molecule has 3 rings (SSSR count). The van der Waals surface area contributed by atoms with Crippen LogP contribution in [0.5, 0.6) is 0 Å². The van der Waals surface area contributed by atoms with E-state index in [2.05, 4.69) is 10.5 Å². The van der Waals surface area contributed by atoms with E-state index in [4.69, 9.17) is 4.52 Å². The minimum absolute atomic E-state index is 0. The highest BCUT2D eigenvalue weighted by atomic mass is 32.2. The molecule has 0 saturated carbocycles. The van der Waals surface area contributed by atoms with E-state index in [1.807, 2.05) is 20.8 Å². The van der Waals surface area contributed by atoms with Gasteiger partial charge in [0.1, 0.15) is 11.8 Å². The molecule has 2 aliphatic heterocycles. The minimum atomic E-state index is -0.845. The highest BCUT2D eigenvalue weighted by Gasteiger charge is 2.35. The number of anilines is 1. The largest absolute Gasteiger partial charge is 0.412 e. The maximum atomic E-state index is 13.1. The number of hydrogen-bond donors (Lipinski definition) is 1. The van der Waals surface area contributed by atoms with Gasteiger partial charge in [0.25, 0.3) is 0 Å². The zero-order valence-corrected chi connectivity index (χ0v) is 18.2. The molecular weight excluding hydrogens is 396 g/mol. The van der Waals surface area contributed by atoms with Crippen molar-refractivity contribution in [2.45, 2.75) is 57.9 Å². The standard InChI is InChI=1S/C19H30N4O4S.H2O.H2/c1-19(2,3)15-13-16(21-27-15)20-17(24)14-7-5-4-6-8-23(14)18(25)22-9-11-28(26)12-10-22;;/h13-14H,4-12H2,1-3H3,(H,20,21,24);1H2;1H/t14-;;/m0../s1. The summed E-state index contributed by atoms with van der Waals surface area (Å²) in [7, 11) is -0.845. The monoisotopic (exact) mass is 430 g/mol. The van der Waals surface area contributed by atoms with E-state index in [0.717, 1.165) is 19.3 Å². The first kappa shape index (κ1) is 23.3. The molecule has 0 radical (unpaired) electrons. The van der Waals surface area contributed by atoms with Crippen molar-refractivity contribution in [1.29, 1.82) is 0 Å². The van der Waals surface area contributed by atoms with Gasteiger partial charge in [0, 0.05) is 54.8 Å². The molecule has 3 N–H and O–H groups in total. The lowest BCUT2D eigenvalue weighted by atomic mass is 9.93. The van der Waals surface area contributed by atoms with Gasteiger partial charge in [-0.15, -0.1) is 0 Å². The Labute approximate surface area is 175 Å². The van der Waals surface area contributed by atoms with E-state index in [0.29, 0.717) is 49.1 Å². The smallest absolute Gasteiger partial charge is 0.320 e. The van der Waals surface area contributed by atoms with Crippen molar-refractivity contribution in [2.75, 3.05) is 36.5 Å². The molecule has 1 aromatic rings. The Bertz CT molecular complexity index is 742. The Morgan fingerprint density at radius 1 is 1.21 bits per heavy atom. The number of rotatable bonds is 2. The van der Waals surface area contributed by atoms with Crippen molar-refractivity contribution in [3.63, 3.8) is 0 Å². The molecule has 166 valence electrons. The Morgan fingerprint density at radius 3 is 2.52 bits per heavy atom. The number of carbonyl (C=O) groups is 2. The summed E-state index contributed by atoms with van der Waals surface area (Å²) in [5, 5.41) is 6.78. The SMILES string of the molecule is CC(C)(C)c1cc(NC(=O)[C@@H]2CCCCCN2C(=O)N2CCS(=O)CC2)no1.O.[HH]. The summed E-state index contributed by atoms with van der Waals surface area (Å²) in [6.07, 6.45) is 3.41. The average molecular weight is 431 g/mol. The Balaban J connectivity index is 0.00000225. The van der Waals surface area contributed by atoms with Crippen molar-refractivity contribution in [1.82, 2.24) is 15.0 Å². The summed E-state index contributed by atoms with van der Waals surface area (Å²) in [5.74, 6) is 1.85. The molecule has 2 aliphatic rings. The van der Waals surface area contributed by atoms with Crippen molar-refractivity contribution < 1.29 is 25.2 Å². The van der Waals surface area contributed by atoms with Gasteiger partial charge >= 0.3 is 6.03 Å². The van der Waals surface area contributed by atoms with Crippen LogP contribution in [0.1, 0.15) is 53.6 Å². The first-order valence-electron chi connectivity index (χ1n) is 9.94. The van der Waals surface area contributed by atoms with Gasteiger partial charge in [-0.25, -0.2) is 4.79 Å². The average Bonchev–Trinajstić information content (AvgIpc) is 2.98. The number of urea groups is 1. The van der Waals surface area contributed by atoms with E-state index in [-0.39, 0.29) is 24.3 Å². The maximum Gasteiger partial charge on any atom is 0.320 e. The fraction of sp³-hybridized carbons (Fsp3) is 0.737. The van der Waals surface area contributed by atoms with Crippen molar-refractivity contribution in [3.8, 4) is 0 Å². The summed E-state index contributed by atoms with van der Waals surface area (Å²) < 4.78 is 16.9. The number of likely N-dealkylation sites (tertiary alicyclic amines) is 1. The predicted molar refractivity (Wildman–Crippen MR) is 113 cm³/mol. The molecule has 29 heavy (non-hydrogen) atoms. The molecule has 0 aliphatic carbocycles. The predicted octanol–water partition coefficient (Wildman–Crippen LogP) is 1.76. The molecule has 3 amide bonds. The molecule has 0 spiro atoms. The zero-order valence-electron chi connectivity index (χ0n) is 17.4. The molecule has 1 atom stereocenters. The Morgan fingerprint density at radius 2 is 1.90 bits per heavy atom. The third-order valence-electron chi connectivity index (χ3n) is 5.25. The van der Waals surface area contributed by atoms with E-state index >= 15 is 0 Å². The Hall–Kier alpha value is -1.94. The molecule has 2 saturated heterocycles. The first-order chi connectivity index (χ1) is 13.3. The fourth-order valence-corrected chi connectivity index (χ4v) is 4.57. The van der Waals surface area contributed by atoms with Crippen molar-refractivity contribution >= 4 is 28.6 Å². The van der Waals surface area contributed by atoms with Crippen LogP contribution in [0, 0.1) is 0 Å². The summed E-state index contributed by atoms with van der Waals surface area (Å²) in [4.78, 5) is 29.4. The van der Waals surface area contributed by atoms with Gasteiger partial charge in [-0.05, 0) is 12.8 Å². The van der Waals surface area contributed by atoms with Gasteiger partial charge in [-0.2, -0.15) is 0 Å². The summed E-state index contributed by atoms with van der Waals surface area (Å²) in [6, 6.07) is 1.08. The van der Waals surface area contributed by atoms with Crippen LogP contribution < -0.4 is 5.32 Å². The molecular formula is C19H34N4O5S. The van der Waals surface area contributed by atoms with Crippen molar-refractivity contribution in [2.24, 2.45) is 0 Å². The molecule has 0 bridgehead atoms. The quantitative estimate of drug-likeness (QED) is 0.765. The lowest BCUT2D eigenvalue weighted by molar-refractivity contribution is -0.120. The molecule has 9 nitrogen and oxygen atoms in total. The highest BCUT2D eigenvalue weighted by molar-refractivity contribution is 7.85. The number of amides is 3. The lowest BCUT2D eigenvalue weighted by Crippen LogP contribution is -2.54. The number of nitrogens with zero attached hydrogens (tertiary/aromatic N) is 3. The van der Waals surface area contributed by atoms with Crippen LogP contribution in [0.4, 0.5) is 10.6 Å². The second-order valence-corrected chi connectivity index (χ2v) is 10.2. The van der Waals surface area contributed by atoms with Crippen LogP contribution in [0.2, 0.25) is 0 Å². The molecule has 0 unspecified atom stereocenters. The van der Waals surface area contributed by atoms with E-state index < -0.39 is 16.8 Å². The second kappa shape index (κ2) is 9.71. The maximum absolute atomic E-state index is 13.1. The summed E-state index contributed by atoms with van der Waals surface area (Å²) in [6.45, 7) is 7.55. The van der Waals surface area contributed by atoms with Crippen LogP contribution >= 0.6 is 0 Å². The number of nitrogens with one attached hydrogen (secondary N) is 1. The van der Waals surface area contributed by atoms with Crippen LogP contribution in [0.25, 0.3) is 0 Å². The third-order valence-corrected chi connectivity index (χ3v) is 6.53. The van der Waals surface area contributed by atoms with Gasteiger partial charge in [0.05, 0.1) is 0 Å². The summed E-state index contributed by atoms with van der Waals surface area (Å²) in [5.41, 5.74) is -0.200. The lowest BCUT2D eigenvalue weighted by Gasteiger charge is -2.35. The van der Waals surface area contributed by atoms with E-state index in [1.165, 1.54) is 0 Å². The molecule has 10 heteroatoms. The molecule has 0 aromatic carbocycles. The summed E-state index contributed by atoms with van der Waals surface area (Å²) >= 11 is 0. The Kier molecular flexibility index (Phi) is 7.81. The van der Waals surface area contributed by atoms with E-state index in [1.54, 1.807) is 15.9 Å². The number of aromatic nitrogens is 1. The third kappa shape index (κ3) is 5.79. The van der Waals surface area contributed by atoms with Gasteiger partial charge in [0.2, 0.25) is 5.91 Å². The first-order valence-corrected chi connectivity index (χ1v) is 11.4. The van der Waals surface area contributed by atoms with Crippen LogP contribution in [-0.2, 0) is 21.0 Å². The van der Waals surface area contributed by atoms with Gasteiger partial charge in [-0.1, -0.05) is 38.8 Å². The van der Waals surface area contributed by atoms with Crippen LogP contribution in [0.15, 0.2) is 10.6 Å². The van der Waals surface area contributed by atoms with Gasteiger partial charge < -0.3 is 25.1 Å². The van der Waals surface area contributed by atoms with E-state index in [9.17, 15) is 13.8 Å². The zero-order chi connectivity index (χ0) is 20.3. The molecule has 2 fully saturated rings. The van der Waals surface area contributed by atoms with Crippen molar-refractivity contribution in [3.05, 3.63) is 11.8 Å². The highest BCUT2D eigenvalue weighted by Crippen LogP contribution is 2.25. The fourth-order valence-electron chi connectivity index (χ4n) is 3.52. The topological polar surface area (TPSA) is 127 Å². The number of carbonyl (C=O) groups excluding carboxylic acids is 2. The van der Waals surface area contributed by atoms with Crippen LogP contribution in [-0.4, -0.2) is 73.8 Å². The second-order valence-electron chi connectivity index (χ2n) is 8.49. The number of hydrogen-bond acceptors (Lipinski definition) is 5. The minimum Gasteiger partial charge on any atom is -0.412 e. The van der Waals surface area contributed by atoms with Gasteiger partial charge in [-0.3, -0.25) is 9.00 Å². The molecule has 3 heterocycles. The van der Waals surface area contributed by atoms with Gasteiger partial charge in [0.15, 0.2) is 5.82 Å². The van der Waals surface area contributed by atoms with Crippen LogP contribution in [0.3, 0.4) is 0 Å². The molecule has 1 aromatic heterocycles.